The summed E-state index contributed by atoms with van der Waals surface area (Å²) in [6.45, 7) is 13.1. The molecule has 0 spiro atoms. The lowest BCUT2D eigenvalue weighted by Gasteiger charge is -2.32. The standard InChI is InChI=1S/C18H29N3O2S.ClH/c1-13-11-14(2)16(4)18(15(13)3)24(22,23)21-8-5-17(12-21)20-9-6-19-7-10-20;/h11,17,19H,5-10,12H2,1-4H3;1H. The van der Waals surface area contributed by atoms with Crippen molar-refractivity contribution in [2.24, 2.45) is 0 Å². The summed E-state index contributed by atoms with van der Waals surface area (Å²) in [7, 11) is -3.43. The summed E-state index contributed by atoms with van der Waals surface area (Å²) in [5.41, 5.74) is 3.89. The van der Waals surface area contributed by atoms with Crippen molar-refractivity contribution >= 4 is 22.4 Å². The van der Waals surface area contributed by atoms with E-state index >= 15 is 0 Å². The predicted molar refractivity (Wildman–Crippen MR) is 104 cm³/mol. The van der Waals surface area contributed by atoms with Crippen LogP contribution in [-0.2, 0) is 10.0 Å². The molecular weight excluding hydrogens is 358 g/mol. The van der Waals surface area contributed by atoms with Gasteiger partial charge in [0.15, 0.2) is 0 Å². The molecule has 0 radical (unpaired) electrons. The number of benzene rings is 1. The second-order valence-electron chi connectivity index (χ2n) is 7.18. The predicted octanol–water partition coefficient (Wildman–Crippen LogP) is 2.01. The molecule has 0 saturated carbocycles. The number of nitrogens with zero attached hydrogens (tertiary/aromatic N) is 2. The van der Waals surface area contributed by atoms with Crippen LogP contribution in [0.3, 0.4) is 0 Å². The van der Waals surface area contributed by atoms with Crippen LogP contribution in [0, 0.1) is 27.7 Å². The van der Waals surface area contributed by atoms with Gasteiger partial charge in [0.2, 0.25) is 10.0 Å². The van der Waals surface area contributed by atoms with Crippen LogP contribution in [0.4, 0.5) is 0 Å². The fourth-order valence-electron chi connectivity index (χ4n) is 3.97. The Balaban J connectivity index is 0.00000225. The molecule has 2 fully saturated rings. The number of hydrogen-bond donors (Lipinski definition) is 1. The molecule has 2 aliphatic rings. The fraction of sp³-hybridized carbons (Fsp3) is 0.667. The van der Waals surface area contributed by atoms with E-state index in [2.05, 4.69) is 16.3 Å². The molecule has 0 amide bonds. The Bertz CT molecular complexity index is 704. The van der Waals surface area contributed by atoms with Gasteiger partial charge in [0, 0.05) is 45.3 Å². The molecule has 5 nitrogen and oxygen atoms in total. The monoisotopic (exact) mass is 387 g/mol. The number of aryl methyl sites for hydroxylation is 2. The Morgan fingerprint density at radius 3 is 2.12 bits per heavy atom. The van der Waals surface area contributed by atoms with Crippen molar-refractivity contribution in [3.8, 4) is 0 Å². The third kappa shape index (κ3) is 3.88. The molecular formula is C18H30ClN3O2S. The average Bonchev–Trinajstić information content (AvgIpc) is 3.05. The number of rotatable bonds is 3. The van der Waals surface area contributed by atoms with Gasteiger partial charge in [0.1, 0.15) is 0 Å². The van der Waals surface area contributed by atoms with E-state index in [1.807, 2.05) is 27.7 Å². The third-order valence-electron chi connectivity index (χ3n) is 5.69. The van der Waals surface area contributed by atoms with Gasteiger partial charge < -0.3 is 5.32 Å². The first-order chi connectivity index (χ1) is 11.3. The lowest BCUT2D eigenvalue weighted by molar-refractivity contribution is 0.179. The number of nitrogens with one attached hydrogen (secondary N) is 1. The Labute approximate surface area is 158 Å². The first-order valence-corrected chi connectivity index (χ1v) is 10.3. The van der Waals surface area contributed by atoms with Gasteiger partial charge in [-0.25, -0.2) is 8.42 Å². The van der Waals surface area contributed by atoms with Gasteiger partial charge in [-0.05, 0) is 56.4 Å². The molecule has 7 heteroatoms. The summed E-state index contributed by atoms with van der Waals surface area (Å²) in [4.78, 5) is 2.97. The number of hydrogen-bond acceptors (Lipinski definition) is 4. The van der Waals surface area contributed by atoms with E-state index in [1.165, 1.54) is 0 Å². The summed E-state index contributed by atoms with van der Waals surface area (Å²) >= 11 is 0. The maximum atomic E-state index is 13.3. The average molecular weight is 388 g/mol. The van der Waals surface area contributed by atoms with E-state index in [0.717, 1.165) is 54.9 Å². The van der Waals surface area contributed by atoms with E-state index in [4.69, 9.17) is 0 Å². The minimum atomic E-state index is -3.43. The molecule has 1 atom stereocenters. The number of halogens is 1. The van der Waals surface area contributed by atoms with E-state index in [1.54, 1.807) is 4.31 Å². The molecule has 142 valence electrons. The number of piperazine rings is 1. The normalized spacial score (nSPS) is 22.8. The second kappa shape index (κ2) is 7.92. The van der Waals surface area contributed by atoms with Crippen LogP contribution in [0.25, 0.3) is 0 Å². The van der Waals surface area contributed by atoms with Gasteiger partial charge in [-0.15, -0.1) is 12.4 Å². The highest BCUT2D eigenvalue weighted by molar-refractivity contribution is 7.89. The van der Waals surface area contributed by atoms with E-state index in [0.29, 0.717) is 24.0 Å². The topological polar surface area (TPSA) is 52.7 Å². The van der Waals surface area contributed by atoms with Crippen LogP contribution in [-0.4, -0.2) is 62.9 Å². The first kappa shape index (κ1) is 20.6. The van der Waals surface area contributed by atoms with E-state index in [-0.39, 0.29) is 12.4 Å². The zero-order valence-electron chi connectivity index (χ0n) is 15.6. The van der Waals surface area contributed by atoms with Crippen molar-refractivity contribution in [1.29, 1.82) is 0 Å². The maximum absolute atomic E-state index is 13.3. The van der Waals surface area contributed by atoms with Gasteiger partial charge in [0.05, 0.1) is 4.90 Å². The van der Waals surface area contributed by atoms with Gasteiger partial charge in [-0.1, -0.05) is 6.07 Å². The van der Waals surface area contributed by atoms with Crippen LogP contribution in [0.15, 0.2) is 11.0 Å². The third-order valence-corrected chi connectivity index (χ3v) is 7.83. The largest absolute Gasteiger partial charge is 0.314 e. The fourth-order valence-corrected chi connectivity index (χ4v) is 6.04. The number of sulfonamides is 1. The Hall–Kier alpha value is -0.660. The summed E-state index contributed by atoms with van der Waals surface area (Å²) in [6, 6.07) is 2.44. The second-order valence-corrected chi connectivity index (χ2v) is 9.06. The molecule has 2 heterocycles. The molecule has 1 aromatic carbocycles. The molecule has 0 bridgehead atoms. The highest BCUT2D eigenvalue weighted by Gasteiger charge is 2.37. The lowest BCUT2D eigenvalue weighted by atomic mass is 10.0. The maximum Gasteiger partial charge on any atom is 0.243 e. The smallest absolute Gasteiger partial charge is 0.243 e. The molecule has 1 aromatic rings. The minimum Gasteiger partial charge on any atom is -0.314 e. The highest BCUT2D eigenvalue weighted by Crippen LogP contribution is 2.31. The zero-order valence-corrected chi connectivity index (χ0v) is 17.3. The van der Waals surface area contributed by atoms with Crippen molar-refractivity contribution in [1.82, 2.24) is 14.5 Å². The van der Waals surface area contributed by atoms with Gasteiger partial charge in [-0.3, -0.25) is 4.90 Å². The van der Waals surface area contributed by atoms with Crippen molar-refractivity contribution < 1.29 is 8.42 Å². The molecule has 3 rings (SSSR count). The minimum absolute atomic E-state index is 0. The van der Waals surface area contributed by atoms with Gasteiger partial charge in [0.25, 0.3) is 0 Å². The van der Waals surface area contributed by atoms with E-state index in [9.17, 15) is 8.42 Å². The Morgan fingerprint density at radius 2 is 1.56 bits per heavy atom. The van der Waals surface area contributed by atoms with Crippen LogP contribution in [0.2, 0.25) is 0 Å². The zero-order chi connectivity index (χ0) is 17.5. The van der Waals surface area contributed by atoms with Crippen LogP contribution in [0.1, 0.15) is 28.7 Å². The Morgan fingerprint density at radius 1 is 1.00 bits per heavy atom. The Kier molecular flexibility index (Phi) is 6.55. The van der Waals surface area contributed by atoms with Crippen LogP contribution >= 0.6 is 12.4 Å². The van der Waals surface area contributed by atoms with Crippen molar-refractivity contribution in [2.45, 2.75) is 45.1 Å². The van der Waals surface area contributed by atoms with Crippen molar-refractivity contribution in [3.05, 3.63) is 28.3 Å². The van der Waals surface area contributed by atoms with Crippen molar-refractivity contribution in [2.75, 3.05) is 39.3 Å². The van der Waals surface area contributed by atoms with Crippen molar-refractivity contribution in [3.63, 3.8) is 0 Å². The quantitative estimate of drug-likeness (QED) is 0.862. The molecule has 0 aliphatic carbocycles. The summed E-state index contributed by atoms with van der Waals surface area (Å²) in [5, 5.41) is 3.36. The molecule has 1 unspecified atom stereocenters. The highest BCUT2D eigenvalue weighted by atomic mass is 35.5. The molecule has 2 aliphatic heterocycles. The van der Waals surface area contributed by atoms with Gasteiger partial charge in [-0.2, -0.15) is 4.31 Å². The molecule has 2 saturated heterocycles. The van der Waals surface area contributed by atoms with Crippen LogP contribution in [0.5, 0.6) is 0 Å². The summed E-state index contributed by atoms with van der Waals surface area (Å²) in [6.07, 6.45) is 0.933. The van der Waals surface area contributed by atoms with Gasteiger partial charge >= 0.3 is 0 Å². The van der Waals surface area contributed by atoms with Crippen LogP contribution < -0.4 is 5.32 Å². The van der Waals surface area contributed by atoms with E-state index < -0.39 is 10.0 Å². The molecule has 1 N–H and O–H groups in total. The first-order valence-electron chi connectivity index (χ1n) is 8.84. The molecule has 25 heavy (non-hydrogen) atoms. The summed E-state index contributed by atoms with van der Waals surface area (Å²) in [5.74, 6) is 0. The summed E-state index contributed by atoms with van der Waals surface area (Å²) < 4.78 is 28.3. The molecule has 0 aromatic heterocycles. The lowest BCUT2D eigenvalue weighted by Crippen LogP contribution is -2.49. The SMILES string of the molecule is Cc1cc(C)c(C)c(S(=O)(=O)N2CCC(N3CCNCC3)C2)c1C.Cl.